The number of halogens is 1. The molecule has 0 unspecified atom stereocenters. The zero-order valence-electron chi connectivity index (χ0n) is 29.7. The van der Waals surface area contributed by atoms with Gasteiger partial charge in [-0.1, -0.05) is 23.7 Å². The average Bonchev–Trinajstić information content (AvgIpc) is 3.65. The molecule has 278 valence electrons. The van der Waals surface area contributed by atoms with E-state index in [1.807, 2.05) is 4.90 Å². The van der Waals surface area contributed by atoms with E-state index in [1.54, 1.807) is 69.2 Å². The minimum Gasteiger partial charge on any atom is -0.456 e. The molecular weight excluding hydrogens is 706 g/mol. The van der Waals surface area contributed by atoms with Crippen molar-refractivity contribution in [3.8, 4) is 5.69 Å². The lowest BCUT2D eigenvalue weighted by Crippen LogP contribution is -2.51. The maximum atomic E-state index is 13.7. The molecule has 17 heteroatoms. The zero-order valence-corrected chi connectivity index (χ0v) is 30.4. The van der Waals surface area contributed by atoms with Crippen LogP contribution >= 0.6 is 11.6 Å². The molecule has 1 aliphatic rings. The molecular formula is C36H40ClN9O7. The molecule has 16 nitrogen and oxygen atoms in total. The fourth-order valence-electron chi connectivity index (χ4n) is 5.40. The van der Waals surface area contributed by atoms with Gasteiger partial charge in [-0.3, -0.25) is 24.1 Å². The molecule has 0 saturated carbocycles. The van der Waals surface area contributed by atoms with Gasteiger partial charge in [-0.25, -0.2) is 4.79 Å². The van der Waals surface area contributed by atoms with Crippen molar-refractivity contribution in [2.24, 2.45) is 0 Å². The van der Waals surface area contributed by atoms with Gasteiger partial charge in [0.2, 0.25) is 11.8 Å². The number of rotatable bonds is 12. The summed E-state index contributed by atoms with van der Waals surface area (Å²) < 4.78 is 11.8. The molecule has 1 saturated heterocycles. The van der Waals surface area contributed by atoms with Crippen LogP contribution in [0.2, 0.25) is 5.02 Å². The van der Waals surface area contributed by atoms with Crippen molar-refractivity contribution in [2.45, 2.75) is 38.8 Å². The van der Waals surface area contributed by atoms with Gasteiger partial charge in [0, 0.05) is 49.6 Å². The number of nitrogens with zero attached hydrogens (tertiary/aromatic N) is 6. The Hall–Kier alpha value is -5.71. The number of amides is 4. The van der Waals surface area contributed by atoms with E-state index in [1.165, 1.54) is 41.3 Å². The molecule has 4 aromatic rings. The van der Waals surface area contributed by atoms with Gasteiger partial charge in [0.1, 0.15) is 18.0 Å². The molecule has 2 heterocycles. The number of carbonyl (C=O) groups is 5. The van der Waals surface area contributed by atoms with Crippen LogP contribution in [0.3, 0.4) is 0 Å². The van der Waals surface area contributed by atoms with Crippen LogP contribution in [0.15, 0.2) is 73.1 Å². The summed E-state index contributed by atoms with van der Waals surface area (Å²) in [7, 11) is 1.62. The van der Waals surface area contributed by atoms with Crippen LogP contribution in [0.25, 0.3) is 5.69 Å². The highest BCUT2D eigenvalue weighted by Gasteiger charge is 2.28. The smallest absolute Gasteiger partial charge is 0.338 e. The van der Waals surface area contributed by atoms with Crippen LogP contribution in [-0.2, 0) is 35.1 Å². The number of piperazine rings is 1. The summed E-state index contributed by atoms with van der Waals surface area (Å²) in [5.41, 5.74) is 1.79. The predicted octanol–water partition coefficient (Wildman–Crippen LogP) is 2.87. The van der Waals surface area contributed by atoms with Crippen LogP contribution in [0.1, 0.15) is 36.7 Å². The van der Waals surface area contributed by atoms with Gasteiger partial charge in [-0.05, 0) is 91.4 Å². The van der Waals surface area contributed by atoms with Crippen molar-refractivity contribution < 1.29 is 33.4 Å². The van der Waals surface area contributed by atoms with E-state index in [0.29, 0.717) is 48.9 Å². The maximum absolute atomic E-state index is 13.7. The number of methoxy groups -OCH3 is 1. The topological polar surface area (TPSA) is 190 Å². The van der Waals surface area contributed by atoms with Crippen molar-refractivity contribution in [2.75, 3.05) is 55.4 Å². The van der Waals surface area contributed by atoms with Gasteiger partial charge in [0.25, 0.3) is 0 Å². The number of anilines is 3. The molecule has 0 spiro atoms. The lowest BCUT2D eigenvalue weighted by molar-refractivity contribution is -0.137. The van der Waals surface area contributed by atoms with E-state index in [0.717, 1.165) is 0 Å². The third-order valence-electron chi connectivity index (χ3n) is 8.02. The predicted molar refractivity (Wildman–Crippen MR) is 196 cm³/mol. The second kappa shape index (κ2) is 17.2. The van der Waals surface area contributed by atoms with E-state index in [4.69, 9.17) is 21.1 Å². The Morgan fingerprint density at radius 3 is 2.32 bits per heavy atom. The van der Waals surface area contributed by atoms with E-state index in [9.17, 15) is 24.0 Å². The second-order valence-electron chi connectivity index (χ2n) is 13.1. The van der Waals surface area contributed by atoms with Gasteiger partial charge in [0.15, 0.2) is 0 Å². The lowest BCUT2D eigenvalue weighted by Gasteiger charge is -2.34. The summed E-state index contributed by atoms with van der Waals surface area (Å²) in [6.07, 6.45) is 1.30. The molecule has 1 fully saturated rings. The van der Waals surface area contributed by atoms with Crippen molar-refractivity contribution in [3.05, 3.63) is 89.2 Å². The lowest BCUT2D eigenvalue weighted by atomic mass is 10.0. The molecule has 1 atom stereocenters. The average molecular weight is 746 g/mol. The Morgan fingerprint density at radius 1 is 0.943 bits per heavy atom. The second-order valence-corrected chi connectivity index (χ2v) is 13.6. The summed E-state index contributed by atoms with van der Waals surface area (Å²) in [6.45, 7) is 7.95. The van der Waals surface area contributed by atoms with Gasteiger partial charge >= 0.3 is 17.8 Å². The van der Waals surface area contributed by atoms with Crippen LogP contribution in [-0.4, -0.2) is 106 Å². The highest BCUT2D eigenvalue weighted by Crippen LogP contribution is 2.24. The van der Waals surface area contributed by atoms with Crippen LogP contribution < -0.4 is 20.9 Å². The first-order chi connectivity index (χ1) is 25.3. The van der Waals surface area contributed by atoms with Gasteiger partial charge in [0.05, 0.1) is 30.1 Å². The first kappa shape index (κ1) is 38.5. The van der Waals surface area contributed by atoms with Gasteiger partial charge in [-0.2, -0.15) is 4.68 Å². The number of benzene rings is 3. The number of hydrogen-bond donors (Lipinski definition) is 3. The molecule has 3 N–H and O–H groups in total. The van der Waals surface area contributed by atoms with E-state index < -0.39 is 35.3 Å². The highest BCUT2D eigenvalue weighted by molar-refractivity contribution is 6.40. The molecule has 1 aromatic heterocycles. The standard InChI is InChI=1S/C36H40ClN9O7/c1-36(2,3)53-35(51)24-7-10-26(11-8-24)39-32(48)29(19-23-5-12-27(13-6-23)45-16-15-44(17-18-52-4)21-31(45)47)41-34(50)33(49)40-28-20-25(37)9-14-30(28)46-22-38-42-43-46/h5-14,20,22,29H,15-19,21H2,1-4H3,(H,39,48)(H,40,49)(H,41,50)/t29-/m0/s1. The summed E-state index contributed by atoms with van der Waals surface area (Å²) in [5.74, 6) is -3.36. The number of hydrogen-bond acceptors (Lipinski definition) is 11. The maximum Gasteiger partial charge on any atom is 0.338 e. The minimum atomic E-state index is -1.23. The fourth-order valence-corrected chi connectivity index (χ4v) is 5.57. The zero-order chi connectivity index (χ0) is 38.1. The molecule has 53 heavy (non-hydrogen) atoms. The molecule has 0 aliphatic carbocycles. The van der Waals surface area contributed by atoms with E-state index in [2.05, 4.69) is 31.5 Å². The molecule has 4 amide bonds. The molecule has 1 aliphatic heterocycles. The molecule has 0 radical (unpaired) electrons. The highest BCUT2D eigenvalue weighted by atomic mass is 35.5. The monoisotopic (exact) mass is 745 g/mol. The largest absolute Gasteiger partial charge is 0.456 e. The number of nitrogens with one attached hydrogen (secondary N) is 3. The quantitative estimate of drug-likeness (QED) is 0.143. The summed E-state index contributed by atoms with van der Waals surface area (Å²) in [6, 6.07) is 16.5. The Kier molecular flexibility index (Phi) is 12.5. The Morgan fingerprint density at radius 2 is 1.68 bits per heavy atom. The van der Waals surface area contributed by atoms with Crippen molar-refractivity contribution in [1.29, 1.82) is 0 Å². The number of esters is 1. The first-order valence-corrected chi connectivity index (χ1v) is 17.1. The normalized spacial score (nSPS) is 14.0. The Balaban J connectivity index is 1.31. The number of ether oxygens (including phenoxy) is 2. The Labute approximate surface area is 310 Å². The number of tetrazole rings is 1. The van der Waals surface area contributed by atoms with Crippen molar-refractivity contribution in [1.82, 2.24) is 30.4 Å². The minimum absolute atomic E-state index is 0.00704. The molecule has 5 rings (SSSR count). The van der Waals surface area contributed by atoms with Crippen molar-refractivity contribution in [3.63, 3.8) is 0 Å². The van der Waals surface area contributed by atoms with Crippen LogP contribution in [0.4, 0.5) is 17.1 Å². The molecule has 0 bridgehead atoms. The summed E-state index contributed by atoms with van der Waals surface area (Å²) in [5, 5.41) is 19.1. The number of aromatic nitrogens is 4. The third-order valence-corrected chi connectivity index (χ3v) is 8.25. The first-order valence-electron chi connectivity index (χ1n) is 16.7. The van der Waals surface area contributed by atoms with Gasteiger partial charge < -0.3 is 30.3 Å². The van der Waals surface area contributed by atoms with Crippen molar-refractivity contribution >= 4 is 58.3 Å². The number of carbonyl (C=O) groups excluding carboxylic acids is 5. The third kappa shape index (κ3) is 10.7. The molecule has 3 aromatic carbocycles. The Bertz CT molecular complexity index is 1930. The van der Waals surface area contributed by atoms with Crippen LogP contribution in [0, 0.1) is 0 Å². The summed E-state index contributed by atoms with van der Waals surface area (Å²) in [4.78, 5) is 69.3. The van der Waals surface area contributed by atoms with E-state index >= 15 is 0 Å². The summed E-state index contributed by atoms with van der Waals surface area (Å²) >= 11 is 6.16. The van der Waals surface area contributed by atoms with Crippen LogP contribution in [0.5, 0.6) is 0 Å². The SMILES string of the molecule is COCCN1CCN(c2ccc(C[C@H](NC(=O)C(=O)Nc3cc(Cl)ccc3-n3cnnn3)C(=O)Nc3ccc(C(=O)OC(C)(C)C)cc3)cc2)C(=O)C1. The fraction of sp³-hybridized carbons (Fsp3) is 0.333. The van der Waals surface area contributed by atoms with E-state index in [-0.39, 0.29) is 35.1 Å². The van der Waals surface area contributed by atoms with Gasteiger partial charge in [-0.15, -0.1) is 5.10 Å².